The molecule has 2 aromatic rings. The summed E-state index contributed by atoms with van der Waals surface area (Å²) >= 11 is 6.53. The van der Waals surface area contributed by atoms with Gasteiger partial charge in [-0.25, -0.2) is 17.9 Å². The number of carbonyl (C=O) groups is 1. The number of nitrogens with zero attached hydrogens (tertiary/aromatic N) is 3. The molecule has 1 aliphatic rings. The van der Waals surface area contributed by atoms with E-state index in [9.17, 15) is 23.6 Å². The molecule has 1 heterocycles. The Balaban J connectivity index is 1.79. The lowest BCUT2D eigenvalue weighted by atomic mass is 10.1. The highest BCUT2D eigenvalue weighted by Gasteiger charge is 2.37. The fourth-order valence-corrected chi connectivity index (χ4v) is 6.36. The minimum Gasteiger partial charge on any atom is -0.465 e. The van der Waals surface area contributed by atoms with E-state index < -0.39 is 28.2 Å². The third kappa shape index (κ3) is 5.38. The number of nitrogens with one attached hydrogen (secondary N) is 1. The number of benzene rings is 2. The lowest BCUT2D eigenvalue weighted by molar-refractivity contribution is 0.199. The van der Waals surface area contributed by atoms with Crippen molar-refractivity contribution in [3.05, 3.63) is 57.0 Å². The van der Waals surface area contributed by atoms with E-state index in [0.717, 1.165) is 5.56 Å². The van der Waals surface area contributed by atoms with Crippen LogP contribution in [0.3, 0.4) is 0 Å². The Morgan fingerprint density at radius 1 is 1.32 bits per heavy atom. The highest BCUT2D eigenvalue weighted by molar-refractivity contribution is 9.11. The number of likely N-dealkylation sites (tertiary alicyclic amines) is 1. The van der Waals surface area contributed by atoms with Gasteiger partial charge in [-0.2, -0.15) is 5.26 Å². The molecule has 3 rings (SSSR count). The number of halogens is 2. The van der Waals surface area contributed by atoms with Crippen LogP contribution in [0.4, 0.5) is 10.5 Å². The van der Waals surface area contributed by atoms with Crippen molar-refractivity contribution in [2.45, 2.75) is 30.3 Å². The molecule has 0 unspecified atom stereocenters. The maximum absolute atomic E-state index is 12.9. The van der Waals surface area contributed by atoms with Gasteiger partial charge in [-0.05, 0) is 59.1 Å². The van der Waals surface area contributed by atoms with Gasteiger partial charge in [0.2, 0.25) is 10.0 Å². The van der Waals surface area contributed by atoms with E-state index in [0.29, 0.717) is 21.1 Å². The van der Waals surface area contributed by atoms with Gasteiger partial charge in [-0.1, -0.05) is 34.1 Å². The third-order valence-electron chi connectivity index (χ3n) is 5.08. The lowest BCUT2D eigenvalue weighted by Gasteiger charge is -2.27. The number of amides is 1. The van der Waals surface area contributed by atoms with Gasteiger partial charge < -0.3 is 10.0 Å². The van der Waals surface area contributed by atoms with E-state index in [1.54, 1.807) is 24.3 Å². The first-order valence-corrected chi connectivity index (χ1v) is 12.4. The largest absolute Gasteiger partial charge is 0.465 e. The summed E-state index contributed by atoms with van der Waals surface area (Å²) in [5.41, 5.74) is 1.33. The summed E-state index contributed by atoms with van der Waals surface area (Å²) in [6.45, 7) is 2.02. The zero-order chi connectivity index (χ0) is 22.8. The van der Waals surface area contributed by atoms with E-state index >= 15 is 0 Å². The smallest absolute Gasteiger partial charge is 0.411 e. The first kappa shape index (κ1) is 23.5. The second-order valence-electron chi connectivity index (χ2n) is 7.21. The molecule has 2 aromatic carbocycles. The van der Waals surface area contributed by atoms with Crippen LogP contribution in [0.2, 0.25) is 0 Å². The van der Waals surface area contributed by atoms with Crippen molar-refractivity contribution in [2.24, 2.45) is 0 Å². The number of carboxylic acid groups (broad SMARTS) is 1. The minimum atomic E-state index is -3.85. The van der Waals surface area contributed by atoms with Crippen LogP contribution in [0.15, 0.2) is 56.3 Å². The Morgan fingerprint density at radius 2 is 2.03 bits per heavy atom. The second-order valence-corrected chi connectivity index (χ2v) is 10.7. The average molecular weight is 572 g/mol. The number of sulfonamides is 1. The number of hydrogen-bond donors (Lipinski definition) is 2. The zero-order valence-electron chi connectivity index (χ0n) is 16.5. The van der Waals surface area contributed by atoms with Crippen LogP contribution in [-0.4, -0.2) is 49.7 Å². The monoisotopic (exact) mass is 570 g/mol. The SMILES string of the molecule is Cc1ccccc1N(C[C@H]1C[C@@H](NS(=O)(=O)c2cc(Br)ccc2Br)CN1C#N)C(=O)O. The highest BCUT2D eigenvalue weighted by Crippen LogP contribution is 2.28. The summed E-state index contributed by atoms with van der Waals surface area (Å²) < 4.78 is 29.5. The molecule has 0 spiro atoms. The van der Waals surface area contributed by atoms with Crippen LogP contribution >= 0.6 is 31.9 Å². The molecule has 1 saturated heterocycles. The van der Waals surface area contributed by atoms with Gasteiger partial charge in [0.05, 0.1) is 23.2 Å². The standard InChI is InChI=1S/C20H20Br2N4O4S/c1-13-4-2-3-5-18(13)26(20(27)28)11-16-9-15(10-25(16)12-23)24-31(29,30)19-8-14(21)6-7-17(19)22/h2-8,15-16,24H,9-11H2,1H3,(H,27,28)/t15-,16-/m1/s1. The first-order valence-electron chi connectivity index (χ1n) is 9.32. The molecule has 0 saturated carbocycles. The van der Waals surface area contributed by atoms with Crippen molar-refractivity contribution in [3.63, 3.8) is 0 Å². The van der Waals surface area contributed by atoms with Crippen LogP contribution in [0, 0.1) is 18.4 Å². The maximum atomic E-state index is 12.9. The third-order valence-corrected chi connectivity index (χ3v) is 8.09. The molecule has 1 amide bonds. The maximum Gasteiger partial charge on any atom is 0.411 e. The summed E-state index contributed by atoms with van der Waals surface area (Å²) in [6, 6.07) is 10.9. The molecule has 2 atom stereocenters. The van der Waals surface area contributed by atoms with E-state index in [1.165, 1.54) is 15.9 Å². The van der Waals surface area contributed by atoms with Crippen LogP contribution in [0.5, 0.6) is 0 Å². The fraction of sp³-hybridized carbons (Fsp3) is 0.300. The summed E-state index contributed by atoms with van der Waals surface area (Å²) in [5.74, 6) is 0. The van der Waals surface area contributed by atoms with Crippen molar-refractivity contribution in [2.75, 3.05) is 18.0 Å². The Bertz CT molecular complexity index is 1140. The van der Waals surface area contributed by atoms with E-state index in [4.69, 9.17) is 0 Å². The molecule has 11 heteroatoms. The van der Waals surface area contributed by atoms with Crippen molar-refractivity contribution in [1.82, 2.24) is 9.62 Å². The van der Waals surface area contributed by atoms with Crippen molar-refractivity contribution < 1.29 is 18.3 Å². The normalized spacial score (nSPS) is 18.6. The number of aryl methyl sites for hydroxylation is 1. The second kappa shape index (κ2) is 9.56. The molecule has 0 aliphatic carbocycles. The summed E-state index contributed by atoms with van der Waals surface area (Å²) in [4.78, 5) is 14.6. The molecule has 1 aliphatic heterocycles. The fourth-order valence-electron chi connectivity index (χ4n) is 3.62. The topological polar surface area (TPSA) is 114 Å². The Morgan fingerprint density at radius 3 is 2.68 bits per heavy atom. The van der Waals surface area contributed by atoms with Crippen LogP contribution in [0.1, 0.15) is 12.0 Å². The van der Waals surface area contributed by atoms with E-state index in [2.05, 4.69) is 42.8 Å². The number of rotatable bonds is 6. The molecule has 31 heavy (non-hydrogen) atoms. The zero-order valence-corrected chi connectivity index (χ0v) is 20.5. The van der Waals surface area contributed by atoms with Gasteiger partial charge in [-0.3, -0.25) is 4.90 Å². The number of anilines is 1. The number of para-hydroxylation sites is 1. The molecule has 0 bridgehead atoms. The van der Waals surface area contributed by atoms with Gasteiger partial charge in [0.1, 0.15) is 0 Å². The summed E-state index contributed by atoms with van der Waals surface area (Å²) in [6.07, 6.45) is 1.23. The quantitative estimate of drug-likeness (QED) is 0.508. The van der Waals surface area contributed by atoms with Crippen molar-refractivity contribution in [1.29, 1.82) is 5.26 Å². The molecular formula is C20H20Br2N4O4S. The van der Waals surface area contributed by atoms with Gasteiger partial charge in [0.15, 0.2) is 6.19 Å². The molecule has 8 nitrogen and oxygen atoms in total. The predicted octanol–water partition coefficient (Wildman–Crippen LogP) is 3.91. The Labute approximate surface area is 197 Å². The summed E-state index contributed by atoms with van der Waals surface area (Å²) in [5, 5.41) is 19.3. The summed E-state index contributed by atoms with van der Waals surface area (Å²) in [7, 11) is -3.85. The lowest BCUT2D eigenvalue weighted by Crippen LogP contribution is -2.41. The highest BCUT2D eigenvalue weighted by atomic mass is 79.9. The van der Waals surface area contributed by atoms with Crippen molar-refractivity contribution in [3.8, 4) is 6.19 Å². The van der Waals surface area contributed by atoms with Gasteiger partial charge in [-0.15, -0.1) is 0 Å². The van der Waals surface area contributed by atoms with Crippen LogP contribution in [0.25, 0.3) is 0 Å². The molecular weight excluding hydrogens is 552 g/mol. The van der Waals surface area contributed by atoms with E-state index in [-0.39, 0.29) is 18.0 Å². The van der Waals surface area contributed by atoms with Gasteiger partial charge in [0, 0.05) is 21.5 Å². The van der Waals surface area contributed by atoms with Crippen LogP contribution < -0.4 is 9.62 Å². The minimum absolute atomic E-state index is 0.0482. The van der Waals surface area contributed by atoms with E-state index in [1.807, 2.05) is 19.1 Å². The number of nitriles is 1. The van der Waals surface area contributed by atoms with Gasteiger partial charge in [0.25, 0.3) is 0 Å². The van der Waals surface area contributed by atoms with Crippen molar-refractivity contribution >= 4 is 53.7 Å². The molecule has 1 fully saturated rings. The van der Waals surface area contributed by atoms with Gasteiger partial charge >= 0.3 is 6.09 Å². The van der Waals surface area contributed by atoms with Crippen LogP contribution in [-0.2, 0) is 10.0 Å². The average Bonchev–Trinajstić information content (AvgIpc) is 3.09. The molecule has 2 N–H and O–H groups in total. The first-order chi connectivity index (χ1) is 14.6. The molecule has 0 aromatic heterocycles. The number of hydrogen-bond acceptors (Lipinski definition) is 5. The Kier molecular flexibility index (Phi) is 7.26. The predicted molar refractivity (Wildman–Crippen MR) is 123 cm³/mol. The molecule has 164 valence electrons. The molecule has 0 radical (unpaired) electrons. The Hall–Kier alpha value is -2.13.